The van der Waals surface area contributed by atoms with Gasteiger partial charge in [0.05, 0.1) is 6.04 Å². The Bertz CT molecular complexity index is 565. The number of benzene rings is 2. The van der Waals surface area contributed by atoms with Crippen LogP contribution in [0.3, 0.4) is 0 Å². The molecule has 0 saturated heterocycles. The second-order valence-electron chi connectivity index (χ2n) is 5.27. The number of hydrogen-bond acceptors (Lipinski definition) is 1. The molecule has 0 aliphatic rings. The summed E-state index contributed by atoms with van der Waals surface area (Å²) in [6.45, 7) is 6.11. The van der Waals surface area contributed by atoms with E-state index in [2.05, 4.69) is 78.7 Å². The van der Waals surface area contributed by atoms with Crippen LogP contribution >= 0.6 is 12.2 Å². The van der Waals surface area contributed by atoms with Gasteiger partial charge in [-0.05, 0) is 43.6 Å². The third-order valence-electron chi connectivity index (χ3n) is 3.83. The Labute approximate surface area is 139 Å². The van der Waals surface area contributed by atoms with Crippen molar-refractivity contribution in [1.29, 1.82) is 0 Å². The molecule has 2 rings (SSSR count). The van der Waals surface area contributed by atoms with Crippen molar-refractivity contribution in [2.75, 3.05) is 13.1 Å². The van der Waals surface area contributed by atoms with Crippen molar-refractivity contribution in [1.82, 2.24) is 10.2 Å². The van der Waals surface area contributed by atoms with Crippen molar-refractivity contribution in [3.05, 3.63) is 71.8 Å². The third kappa shape index (κ3) is 4.57. The molecule has 0 fully saturated rings. The molecule has 1 unspecified atom stereocenters. The minimum atomic E-state index is 0.191. The van der Waals surface area contributed by atoms with Gasteiger partial charge in [-0.2, -0.15) is 0 Å². The van der Waals surface area contributed by atoms with Crippen molar-refractivity contribution in [3.8, 4) is 0 Å². The lowest BCUT2D eigenvalue weighted by molar-refractivity contribution is 0.444. The topological polar surface area (TPSA) is 15.3 Å². The Hall–Kier alpha value is -1.87. The van der Waals surface area contributed by atoms with Crippen LogP contribution < -0.4 is 5.32 Å². The van der Waals surface area contributed by atoms with Crippen molar-refractivity contribution in [2.24, 2.45) is 0 Å². The lowest BCUT2D eigenvalue weighted by Gasteiger charge is -2.27. The molecular formula is C19H24N2S. The van der Waals surface area contributed by atoms with Crippen molar-refractivity contribution in [3.63, 3.8) is 0 Å². The van der Waals surface area contributed by atoms with Crippen molar-refractivity contribution < 1.29 is 0 Å². The SMILES string of the molecule is CCN(CC)C(=S)NC(Cc1ccccc1)c1ccccc1. The number of rotatable bonds is 6. The van der Waals surface area contributed by atoms with E-state index in [0.717, 1.165) is 24.6 Å². The Morgan fingerprint density at radius 2 is 1.50 bits per heavy atom. The summed E-state index contributed by atoms with van der Waals surface area (Å²) < 4.78 is 0. The highest BCUT2D eigenvalue weighted by atomic mass is 32.1. The summed E-state index contributed by atoms with van der Waals surface area (Å²) in [6, 6.07) is 21.3. The molecule has 0 amide bonds. The summed E-state index contributed by atoms with van der Waals surface area (Å²) in [5, 5.41) is 4.37. The van der Waals surface area contributed by atoms with Crippen LogP contribution in [0, 0.1) is 0 Å². The van der Waals surface area contributed by atoms with Gasteiger partial charge in [-0.3, -0.25) is 0 Å². The minimum absolute atomic E-state index is 0.191. The molecule has 1 atom stereocenters. The zero-order valence-corrected chi connectivity index (χ0v) is 14.1. The van der Waals surface area contributed by atoms with Gasteiger partial charge in [0.2, 0.25) is 0 Å². The van der Waals surface area contributed by atoms with Crippen LogP contribution in [-0.4, -0.2) is 23.1 Å². The second kappa shape index (κ2) is 8.54. The predicted molar refractivity (Wildman–Crippen MR) is 98.0 cm³/mol. The van der Waals surface area contributed by atoms with Crippen LogP contribution in [0.4, 0.5) is 0 Å². The highest BCUT2D eigenvalue weighted by Crippen LogP contribution is 2.18. The molecule has 0 heterocycles. The van der Waals surface area contributed by atoms with E-state index in [0.29, 0.717) is 0 Å². The molecule has 0 spiro atoms. The van der Waals surface area contributed by atoms with Gasteiger partial charge in [0.25, 0.3) is 0 Å². The van der Waals surface area contributed by atoms with Crippen molar-refractivity contribution >= 4 is 17.3 Å². The zero-order chi connectivity index (χ0) is 15.8. The van der Waals surface area contributed by atoms with Gasteiger partial charge >= 0.3 is 0 Å². The Kier molecular flexibility index (Phi) is 6.41. The average Bonchev–Trinajstić information content (AvgIpc) is 2.57. The first-order valence-corrected chi connectivity index (χ1v) is 8.29. The summed E-state index contributed by atoms with van der Waals surface area (Å²) in [7, 11) is 0. The van der Waals surface area contributed by atoms with E-state index in [1.165, 1.54) is 11.1 Å². The van der Waals surface area contributed by atoms with Crippen LogP contribution in [0.1, 0.15) is 31.0 Å². The molecule has 2 aromatic rings. The lowest BCUT2D eigenvalue weighted by atomic mass is 9.99. The van der Waals surface area contributed by atoms with Crippen molar-refractivity contribution in [2.45, 2.75) is 26.3 Å². The van der Waals surface area contributed by atoms with Crippen LogP contribution in [0.25, 0.3) is 0 Å². The fourth-order valence-corrected chi connectivity index (χ4v) is 2.94. The molecule has 0 radical (unpaired) electrons. The Balaban J connectivity index is 2.17. The molecule has 3 heteroatoms. The highest BCUT2D eigenvalue weighted by molar-refractivity contribution is 7.80. The van der Waals surface area contributed by atoms with Crippen LogP contribution in [0.5, 0.6) is 0 Å². The first-order valence-electron chi connectivity index (χ1n) is 7.88. The first-order chi connectivity index (χ1) is 10.7. The molecule has 0 aliphatic carbocycles. The summed E-state index contributed by atoms with van der Waals surface area (Å²) in [5.41, 5.74) is 2.58. The molecule has 116 valence electrons. The van der Waals surface area contributed by atoms with E-state index in [1.807, 2.05) is 6.07 Å². The maximum absolute atomic E-state index is 5.58. The van der Waals surface area contributed by atoms with Gasteiger partial charge < -0.3 is 10.2 Å². The Morgan fingerprint density at radius 3 is 2.05 bits per heavy atom. The molecule has 2 nitrogen and oxygen atoms in total. The first kappa shape index (κ1) is 16.5. The smallest absolute Gasteiger partial charge is 0.169 e. The van der Waals surface area contributed by atoms with Gasteiger partial charge in [-0.1, -0.05) is 60.7 Å². The Morgan fingerprint density at radius 1 is 0.955 bits per heavy atom. The van der Waals surface area contributed by atoms with E-state index in [1.54, 1.807) is 0 Å². The molecule has 0 bridgehead atoms. The average molecular weight is 312 g/mol. The van der Waals surface area contributed by atoms with E-state index in [9.17, 15) is 0 Å². The second-order valence-corrected chi connectivity index (χ2v) is 5.66. The summed E-state index contributed by atoms with van der Waals surface area (Å²) in [4.78, 5) is 2.18. The predicted octanol–water partition coefficient (Wildman–Crippen LogP) is 4.19. The van der Waals surface area contributed by atoms with Crippen LogP contribution in [0.2, 0.25) is 0 Å². The molecule has 22 heavy (non-hydrogen) atoms. The summed E-state index contributed by atoms with van der Waals surface area (Å²) in [5.74, 6) is 0. The number of nitrogens with one attached hydrogen (secondary N) is 1. The fourth-order valence-electron chi connectivity index (χ4n) is 2.54. The number of hydrogen-bond donors (Lipinski definition) is 1. The largest absolute Gasteiger partial charge is 0.355 e. The molecule has 0 aromatic heterocycles. The number of thiocarbonyl (C=S) groups is 1. The molecule has 0 saturated carbocycles. The minimum Gasteiger partial charge on any atom is -0.355 e. The van der Waals surface area contributed by atoms with Gasteiger partial charge in [0, 0.05) is 13.1 Å². The monoisotopic (exact) mass is 312 g/mol. The zero-order valence-electron chi connectivity index (χ0n) is 13.3. The molecule has 0 aliphatic heterocycles. The van der Waals surface area contributed by atoms with E-state index >= 15 is 0 Å². The molecular weight excluding hydrogens is 288 g/mol. The van der Waals surface area contributed by atoms with E-state index in [-0.39, 0.29) is 6.04 Å². The van der Waals surface area contributed by atoms with Gasteiger partial charge in [-0.25, -0.2) is 0 Å². The standard InChI is InChI=1S/C19H24N2S/c1-3-21(4-2)19(22)20-18(17-13-9-6-10-14-17)15-16-11-7-5-8-12-16/h5-14,18H,3-4,15H2,1-2H3,(H,20,22). The lowest BCUT2D eigenvalue weighted by Crippen LogP contribution is -2.41. The van der Waals surface area contributed by atoms with Gasteiger partial charge in [-0.15, -0.1) is 0 Å². The summed E-state index contributed by atoms with van der Waals surface area (Å²) in [6.07, 6.45) is 0.923. The molecule has 1 N–H and O–H groups in total. The van der Waals surface area contributed by atoms with Crippen LogP contribution in [0.15, 0.2) is 60.7 Å². The van der Waals surface area contributed by atoms with E-state index < -0.39 is 0 Å². The molecule has 2 aromatic carbocycles. The maximum atomic E-state index is 5.58. The van der Waals surface area contributed by atoms with Crippen LogP contribution in [-0.2, 0) is 6.42 Å². The normalized spacial score (nSPS) is 11.7. The number of nitrogens with zero attached hydrogens (tertiary/aromatic N) is 1. The fraction of sp³-hybridized carbons (Fsp3) is 0.316. The third-order valence-corrected chi connectivity index (χ3v) is 4.21. The maximum Gasteiger partial charge on any atom is 0.169 e. The van der Waals surface area contributed by atoms with Gasteiger partial charge in [0.15, 0.2) is 5.11 Å². The van der Waals surface area contributed by atoms with E-state index in [4.69, 9.17) is 12.2 Å². The quantitative estimate of drug-likeness (QED) is 0.805. The summed E-state index contributed by atoms with van der Waals surface area (Å²) >= 11 is 5.58. The highest BCUT2D eigenvalue weighted by Gasteiger charge is 2.15. The van der Waals surface area contributed by atoms with Gasteiger partial charge in [0.1, 0.15) is 0 Å².